The van der Waals surface area contributed by atoms with E-state index >= 15 is 0 Å². The van der Waals surface area contributed by atoms with E-state index in [1.54, 1.807) is 29.9 Å². The third-order valence-electron chi connectivity index (χ3n) is 4.39. The fraction of sp³-hybridized carbons (Fsp3) is 0.227. The summed E-state index contributed by atoms with van der Waals surface area (Å²) >= 11 is 0. The topological polar surface area (TPSA) is 76.0 Å². The number of carbonyl (C=O) groups is 2. The number of aromatic nitrogens is 2. The van der Waals surface area contributed by atoms with Crippen LogP contribution in [0.3, 0.4) is 0 Å². The van der Waals surface area contributed by atoms with Crippen molar-refractivity contribution in [3.8, 4) is 16.9 Å². The average molecular weight is 394 g/mol. The number of nitrogens with zero attached hydrogens (tertiary/aromatic N) is 2. The molecule has 0 aliphatic rings. The molecule has 1 heterocycles. The van der Waals surface area contributed by atoms with E-state index in [1.807, 2.05) is 37.3 Å². The maximum absolute atomic E-state index is 13.3. The van der Waals surface area contributed by atoms with Crippen molar-refractivity contribution in [3.05, 3.63) is 72.2 Å². The van der Waals surface area contributed by atoms with Gasteiger partial charge in [0.2, 0.25) is 5.91 Å². The highest BCUT2D eigenvalue weighted by Gasteiger charge is 2.22. The Labute approximate surface area is 168 Å². The summed E-state index contributed by atoms with van der Waals surface area (Å²) < 4.78 is 14.9. The van der Waals surface area contributed by atoms with E-state index in [-0.39, 0.29) is 11.7 Å². The minimum Gasteiger partial charge on any atom is -0.354 e. The average Bonchev–Trinajstić information content (AvgIpc) is 3.18. The van der Waals surface area contributed by atoms with E-state index in [1.165, 1.54) is 12.1 Å². The summed E-state index contributed by atoms with van der Waals surface area (Å²) in [5, 5.41) is 10.0. The Bertz CT molecular complexity index is 984. The summed E-state index contributed by atoms with van der Waals surface area (Å²) in [5.41, 5.74) is 2.10. The third kappa shape index (κ3) is 4.87. The highest BCUT2D eigenvalue weighted by atomic mass is 19.1. The van der Waals surface area contributed by atoms with Gasteiger partial charge in [0.25, 0.3) is 5.91 Å². The fourth-order valence-electron chi connectivity index (χ4n) is 2.82. The van der Waals surface area contributed by atoms with Gasteiger partial charge in [-0.2, -0.15) is 5.10 Å². The van der Waals surface area contributed by atoms with Crippen LogP contribution in [0.2, 0.25) is 0 Å². The van der Waals surface area contributed by atoms with Crippen molar-refractivity contribution in [3.63, 3.8) is 0 Å². The number of hydrogen-bond acceptors (Lipinski definition) is 3. The lowest BCUT2D eigenvalue weighted by Crippen LogP contribution is -2.45. The van der Waals surface area contributed by atoms with Gasteiger partial charge in [0.15, 0.2) is 0 Å². The standard InChI is InChI=1S/C22H23FN4O2/c1-3-13-24-21(28)15(2)25-22(29)19-14-27(18-7-5-4-6-8-18)26-20(19)16-9-11-17(23)12-10-16/h4-12,14-15H,3,13H2,1-2H3,(H,24,28)(H,25,29)/t15-/m0/s1. The highest BCUT2D eigenvalue weighted by molar-refractivity contribution is 6.02. The molecule has 0 unspecified atom stereocenters. The summed E-state index contributed by atoms with van der Waals surface area (Å²) in [4.78, 5) is 25.0. The molecule has 3 aromatic rings. The molecule has 0 aliphatic carbocycles. The molecule has 0 fully saturated rings. The van der Waals surface area contributed by atoms with Gasteiger partial charge in [0.1, 0.15) is 17.6 Å². The Kier molecular flexibility index (Phi) is 6.39. The van der Waals surface area contributed by atoms with Gasteiger partial charge in [-0.15, -0.1) is 0 Å². The number of para-hydroxylation sites is 1. The first-order chi connectivity index (χ1) is 14.0. The minimum atomic E-state index is -0.699. The molecule has 2 N–H and O–H groups in total. The van der Waals surface area contributed by atoms with Crippen molar-refractivity contribution in [2.45, 2.75) is 26.3 Å². The fourth-order valence-corrected chi connectivity index (χ4v) is 2.82. The molecular weight excluding hydrogens is 371 g/mol. The summed E-state index contributed by atoms with van der Waals surface area (Å²) in [5.74, 6) is -1.05. The van der Waals surface area contributed by atoms with Gasteiger partial charge in [-0.3, -0.25) is 9.59 Å². The molecule has 2 amide bonds. The first-order valence-electron chi connectivity index (χ1n) is 9.49. The second kappa shape index (κ2) is 9.14. The Morgan fingerprint density at radius 1 is 1.10 bits per heavy atom. The first kappa shape index (κ1) is 20.3. The van der Waals surface area contributed by atoms with Crippen LogP contribution in [0.25, 0.3) is 16.9 Å². The second-order valence-electron chi connectivity index (χ2n) is 6.66. The van der Waals surface area contributed by atoms with Gasteiger partial charge in [-0.05, 0) is 49.7 Å². The van der Waals surface area contributed by atoms with Crippen LogP contribution in [-0.2, 0) is 4.79 Å². The number of rotatable bonds is 7. The molecule has 0 saturated carbocycles. The van der Waals surface area contributed by atoms with Gasteiger partial charge in [-0.1, -0.05) is 25.1 Å². The van der Waals surface area contributed by atoms with Crippen molar-refractivity contribution in [1.82, 2.24) is 20.4 Å². The number of amides is 2. The SMILES string of the molecule is CCCNC(=O)[C@H](C)NC(=O)c1cn(-c2ccccc2)nc1-c1ccc(F)cc1. The van der Waals surface area contributed by atoms with Crippen LogP contribution in [0.15, 0.2) is 60.8 Å². The Morgan fingerprint density at radius 2 is 1.79 bits per heavy atom. The number of hydrogen-bond donors (Lipinski definition) is 2. The summed E-state index contributed by atoms with van der Waals surface area (Å²) in [7, 11) is 0. The Morgan fingerprint density at radius 3 is 2.45 bits per heavy atom. The van der Waals surface area contributed by atoms with Gasteiger partial charge < -0.3 is 10.6 Å². The van der Waals surface area contributed by atoms with E-state index < -0.39 is 11.9 Å². The molecule has 1 atom stereocenters. The maximum atomic E-state index is 13.3. The van der Waals surface area contributed by atoms with Crippen molar-refractivity contribution in [1.29, 1.82) is 0 Å². The predicted octanol–water partition coefficient (Wildman–Crippen LogP) is 3.32. The van der Waals surface area contributed by atoms with Gasteiger partial charge in [0.05, 0.1) is 11.3 Å². The van der Waals surface area contributed by atoms with E-state index in [4.69, 9.17) is 0 Å². The van der Waals surface area contributed by atoms with Crippen LogP contribution in [0.5, 0.6) is 0 Å². The molecule has 7 heteroatoms. The molecule has 0 saturated heterocycles. The van der Waals surface area contributed by atoms with Crippen LogP contribution >= 0.6 is 0 Å². The summed E-state index contributed by atoms with van der Waals surface area (Å²) in [6.45, 7) is 4.13. The van der Waals surface area contributed by atoms with E-state index in [0.717, 1.165) is 12.1 Å². The summed E-state index contributed by atoms with van der Waals surface area (Å²) in [6.07, 6.45) is 2.42. The molecule has 6 nitrogen and oxygen atoms in total. The molecule has 2 aromatic carbocycles. The molecule has 0 spiro atoms. The smallest absolute Gasteiger partial charge is 0.255 e. The lowest BCUT2D eigenvalue weighted by atomic mass is 10.1. The maximum Gasteiger partial charge on any atom is 0.255 e. The molecule has 3 rings (SSSR count). The number of benzene rings is 2. The molecule has 0 radical (unpaired) electrons. The van der Waals surface area contributed by atoms with E-state index in [0.29, 0.717) is 23.4 Å². The van der Waals surface area contributed by atoms with Crippen LogP contribution in [0.1, 0.15) is 30.6 Å². The van der Waals surface area contributed by atoms with Crippen molar-refractivity contribution in [2.75, 3.05) is 6.54 Å². The molecule has 0 bridgehead atoms. The Hall–Kier alpha value is -3.48. The second-order valence-corrected chi connectivity index (χ2v) is 6.66. The summed E-state index contributed by atoms with van der Waals surface area (Å²) in [6, 6.07) is 14.4. The number of carbonyl (C=O) groups excluding carboxylic acids is 2. The zero-order valence-corrected chi connectivity index (χ0v) is 16.4. The normalized spacial score (nSPS) is 11.7. The van der Waals surface area contributed by atoms with Crippen molar-refractivity contribution in [2.24, 2.45) is 0 Å². The number of nitrogens with one attached hydrogen (secondary N) is 2. The lowest BCUT2D eigenvalue weighted by molar-refractivity contribution is -0.122. The largest absolute Gasteiger partial charge is 0.354 e. The molecular formula is C22H23FN4O2. The van der Waals surface area contributed by atoms with Crippen LogP contribution in [-0.4, -0.2) is 34.2 Å². The van der Waals surface area contributed by atoms with E-state index in [9.17, 15) is 14.0 Å². The predicted molar refractivity (Wildman–Crippen MR) is 109 cm³/mol. The van der Waals surface area contributed by atoms with Crippen LogP contribution in [0, 0.1) is 5.82 Å². The quantitative estimate of drug-likeness (QED) is 0.645. The minimum absolute atomic E-state index is 0.251. The van der Waals surface area contributed by atoms with Gasteiger partial charge >= 0.3 is 0 Å². The Balaban J connectivity index is 1.93. The zero-order valence-electron chi connectivity index (χ0n) is 16.4. The van der Waals surface area contributed by atoms with E-state index in [2.05, 4.69) is 15.7 Å². The van der Waals surface area contributed by atoms with Crippen LogP contribution in [0.4, 0.5) is 4.39 Å². The molecule has 29 heavy (non-hydrogen) atoms. The molecule has 1 aromatic heterocycles. The van der Waals surface area contributed by atoms with Crippen molar-refractivity contribution < 1.29 is 14.0 Å². The van der Waals surface area contributed by atoms with Gasteiger partial charge in [-0.25, -0.2) is 9.07 Å². The monoisotopic (exact) mass is 394 g/mol. The zero-order chi connectivity index (χ0) is 20.8. The van der Waals surface area contributed by atoms with Crippen molar-refractivity contribution >= 4 is 11.8 Å². The molecule has 0 aliphatic heterocycles. The first-order valence-corrected chi connectivity index (χ1v) is 9.49. The van der Waals surface area contributed by atoms with Gasteiger partial charge in [0, 0.05) is 18.3 Å². The highest BCUT2D eigenvalue weighted by Crippen LogP contribution is 2.24. The lowest BCUT2D eigenvalue weighted by Gasteiger charge is -2.13. The number of halogens is 1. The third-order valence-corrected chi connectivity index (χ3v) is 4.39. The molecule has 150 valence electrons. The van der Waals surface area contributed by atoms with Crippen LogP contribution < -0.4 is 10.6 Å².